The average Bonchev–Trinajstić information content (AvgIpc) is 2.29. The van der Waals surface area contributed by atoms with Gasteiger partial charge in [0.1, 0.15) is 5.82 Å². The third-order valence-corrected chi connectivity index (χ3v) is 2.98. The normalized spacial score (nSPS) is 13.3. The molecule has 1 rings (SSSR count). The van der Waals surface area contributed by atoms with Crippen molar-refractivity contribution in [3.63, 3.8) is 0 Å². The Hall–Kier alpha value is -1.13. The number of carbonyl (C=O) groups is 1. The highest BCUT2D eigenvalue weighted by atomic mass is 35.5. The molecular formula is C14H22ClFN2O. The summed E-state index contributed by atoms with van der Waals surface area (Å²) >= 11 is 0. The first-order valence-corrected chi connectivity index (χ1v) is 6.29. The van der Waals surface area contributed by atoms with E-state index in [1.165, 1.54) is 6.07 Å². The van der Waals surface area contributed by atoms with Gasteiger partial charge in [0.15, 0.2) is 0 Å². The Morgan fingerprint density at radius 1 is 1.42 bits per heavy atom. The number of anilines is 1. The van der Waals surface area contributed by atoms with E-state index in [1.54, 1.807) is 19.1 Å². The minimum absolute atomic E-state index is 0. The summed E-state index contributed by atoms with van der Waals surface area (Å²) in [6, 6.07) is 4.71. The number of hydrogen-bond donors (Lipinski definition) is 2. The second-order valence-electron chi connectivity index (χ2n) is 4.78. The van der Waals surface area contributed by atoms with Crippen molar-refractivity contribution in [1.29, 1.82) is 0 Å². The van der Waals surface area contributed by atoms with Crippen LogP contribution in [0.2, 0.25) is 0 Å². The van der Waals surface area contributed by atoms with Gasteiger partial charge in [0.05, 0.1) is 5.54 Å². The number of aryl methyl sites for hydroxylation is 1. The maximum absolute atomic E-state index is 13.6. The van der Waals surface area contributed by atoms with Crippen molar-refractivity contribution in [1.82, 2.24) is 0 Å². The van der Waals surface area contributed by atoms with Crippen LogP contribution in [0.15, 0.2) is 18.2 Å². The summed E-state index contributed by atoms with van der Waals surface area (Å²) in [6.07, 6.45) is 2.04. The van der Waals surface area contributed by atoms with Crippen LogP contribution in [0, 0.1) is 5.82 Å². The van der Waals surface area contributed by atoms with Gasteiger partial charge in [-0.05, 0) is 37.5 Å². The van der Waals surface area contributed by atoms with Crippen LogP contribution in [0.3, 0.4) is 0 Å². The lowest BCUT2D eigenvalue weighted by molar-refractivity contribution is -0.120. The van der Waals surface area contributed by atoms with Gasteiger partial charge in [-0.1, -0.05) is 26.3 Å². The number of hydrogen-bond acceptors (Lipinski definition) is 2. The summed E-state index contributed by atoms with van der Waals surface area (Å²) in [6.45, 7) is 5.53. The van der Waals surface area contributed by atoms with E-state index in [4.69, 9.17) is 5.73 Å². The standard InChI is InChI=1S/C14H21FN2O.ClH/c1-4-8-14(3,16)13(18)17-11-7-6-10(5-2)12(15)9-11;/h6-7,9H,4-5,8,16H2,1-3H3,(H,17,18);1H. The van der Waals surface area contributed by atoms with Gasteiger partial charge in [-0.25, -0.2) is 4.39 Å². The number of benzene rings is 1. The van der Waals surface area contributed by atoms with E-state index in [0.717, 1.165) is 6.42 Å². The van der Waals surface area contributed by atoms with Crippen LogP contribution in [0.1, 0.15) is 39.2 Å². The van der Waals surface area contributed by atoms with Gasteiger partial charge >= 0.3 is 0 Å². The fourth-order valence-electron chi connectivity index (χ4n) is 1.82. The Balaban J connectivity index is 0.00000324. The van der Waals surface area contributed by atoms with Crippen LogP contribution in [0.4, 0.5) is 10.1 Å². The van der Waals surface area contributed by atoms with E-state index >= 15 is 0 Å². The highest BCUT2D eigenvalue weighted by molar-refractivity contribution is 5.97. The molecule has 0 heterocycles. The van der Waals surface area contributed by atoms with E-state index in [1.807, 2.05) is 13.8 Å². The highest BCUT2D eigenvalue weighted by Crippen LogP contribution is 2.17. The molecule has 3 nitrogen and oxygen atoms in total. The van der Waals surface area contributed by atoms with Gasteiger partial charge in [0.2, 0.25) is 5.91 Å². The number of amides is 1. The topological polar surface area (TPSA) is 55.1 Å². The Morgan fingerprint density at radius 3 is 2.53 bits per heavy atom. The van der Waals surface area contributed by atoms with Crippen LogP contribution < -0.4 is 11.1 Å². The largest absolute Gasteiger partial charge is 0.324 e. The molecule has 1 atom stereocenters. The molecule has 108 valence electrons. The lowest BCUT2D eigenvalue weighted by Crippen LogP contribution is -2.48. The Kier molecular flexibility index (Phi) is 7.01. The van der Waals surface area contributed by atoms with E-state index in [9.17, 15) is 9.18 Å². The molecule has 0 radical (unpaired) electrons. The van der Waals surface area contributed by atoms with E-state index < -0.39 is 5.54 Å². The van der Waals surface area contributed by atoms with Gasteiger partial charge in [-0.15, -0.1) is 12.4 Å². The van der Waals surface area contributed by atoms with Crippen molar-refractivity contribution in [2.75, 3.05) is 5.32 Å². The molecule has 19 heavy (non-hydrogen) atoms. The Labute approximate surface area is 120 Å². The highest BCUT2D eigenvalue weighted by Gasteiger charge is 2.27. The molecule has 1 amide bonds. The van der Waals surface area contributed by atoms with Gasteiger partial charge in [0.25, 0.3) is 0 Å². The molecule has 0 saturated heterocycles. The predicted molar refractivity (Wildman–Crippen MR) is 79.2 cm³/mol. The third kappa shape index (κ3) is 4.80. The molecule has 0 spiro atoms. The van der Waals surface area contributed by atoms with Crippen molar-refractivity contribution in [2.24, 2.45) is 5.73 Å². The van der Waals surface area contributed by atoms with E-state index in [0.29, 0.717) is 24.1 Å². The summed E-state index contributed by atoms with van der Waals surface area (Å²) in [5.74, 6) is -0.586. The molecule has 1 unspecified atom stereocenters. The summed E-state index contributed by atoms with van der Waals surface area (Å²) in [4.78, 5) is 11.9. The van der Waals surface area contributed by atoms with Crippen LogP contribution in [0.5, 0.6) is 0 Å². The maximum atomic E-state index is 13.6. The van der Waals surface area contributed by atoms with Crippen LogP contribution >= 0.6 is 12.4 Å². The fourth-order valence-corrected chi connectivity index (χ4v) is 1.82. The molecule has 0 aromatic heterocycles. The number of halogens is 2. The van der Waals surface area contributed by atoms with E-state index in [2.05, 4.69) is 5.32 Å². The van der Waals surface area contributed by atoms with Crippen molar-refractivity contribution in [3.8, 4) is 0 Å². The van der Waals surface area contributed by atoms with Crippen molar-refractivity contribution >= 4 is 24.0 Å². The molecule has 5 heteroatoms. The van der Waals surface area contributed by atoms with Gasteiger partial charge < -0.3 is 11.1 Å². The molecular weight excluding hydrogens is 267 g/mol. The minimum atomic E-state index is -0.922. The first kappa shape index (κ1) is 17.9. The van der Waals surface area contributed by atoms with E-state index in [-0.39, 0.29) is 24.1 Å². The lowest BCUT2D eigenvalue weighted by atomic mass is 9.96. The van der Waals surface area contributed by atoms with Crippen molar-refractivity contribution < 1.29 is 9.18 Å². The van der Waals surface area contributed by atoms with Gasteiger partial charge in [-0.2, -0.15) is 0 Å². The Morgan fingerprint density at radius 2 is 2.05 bits per heavy atom. The maximum Gasteiger partial charge on any atom is 0.244 e. The minimum Gasteiger partial charge on any atom is -0.324 e. The number of rotatable bonds is 5. The molecule has 1 aromatic carbocycles. The fraction of sp³-hybridized carbons (Fsp3) is 0.500. The molecule has 1 aromatic rings. The first-order chi connectivity index (χ1) is 8.40. The number of carbonyl (C=O) groups excluding carboxylic acids is 1. The SMILES string of the molecule is CCCC(C)(N)C(=O)Nc1ccc(CC)c(F)c1.Cl. The zero-order valence-electron chi connectivity index (χ0n) is 11.6. The smallest absolute Gasteiger partial charge is 0.244 e. The second-order valence-corrected chi connectivity index (χ2v) is 4.78. The van der Waals surface area contributed by atoms with Crippen LogP contribution in [-0.2, 0) is 11.2 Å². The summed E-state index contributed by atoms with van der Waals surface area (Å²) in [5.41, 5.74) is 6.07. The first-order valence-electron chi connectivity index (χ1n) is 6.29. The number of nitrogens with one attached hydrogen (secondary N) is 1. The lowest BCUT2D eigenvalue weighted by Gasteiger charge is -2.22. The van der Waals surface area contributed by atoms with Crippen molar-refractivity contribution in [2.45, 2.75) is 45.6 Å². The van der Waals surface area contributed by atoms with Crippen LogP contribution in [-0.4, -0.2) is 11.4 Å². The molecule has 0 aliphatic heterocycles. The Bertz CT molecular complexity index is 435. The molecule has 0 fully saturated rings. The van der Waals surface area contributed by atoms with Crippen LogP contribution in [0.25, 0.3) is 0 Å². The third-order valence-electron chi connectivity index (χ3n) is 2.98. The predicted octanol–water partition coefficient (Wildman–Crippen LogP) is 3.27. The molecule has 3 N–H and O–H groups in total. The van der Waals surface area contributed by atoms with Crippen molar-refractivity contribution in [3.05, 3.63) is 29.6 Å². The van der Waals surface area contributed by atoms with Gasteiger partial charge in [0, 0.05) is 5.69 Å². The molecule has 0 aliphatic rings. The zero-order valence-corrected chi connectivity index (χ0v) is 12.4. The van der Waals surface area contributed by atoms with Gasteiger partial charge in [-0.3, -0.25) is 4.79 Å². The zero-order chi connectivity index (χ0) is 13.8. The second kappa shape index (κ2) is 7.46. The quantitative estimate of drug-likeness (QED) is 0.874. The summed E-state index contributed by atoms with van der Waals surface area (Å²) in [5, 5.41) is 2.66. The molecule has 0 bridgehead atoms. The summed E-state index contributed by atoms with van der Waals surface area (Å²) < 4.78 is 13.6. The molecule has 0 saturated carbocycles. The molecule has 0 aliphatic carbocycles. The number of nitrogens with two attached hydrogens (primary N) is 1. The summed E-state index contributed by atoms with van der Waals surface area (Å²) in [7, 11) is 0. The monoisotopic (exact) mass is 288 g/mol. The average molecular weight is 289 g/mol.